The van der Waals surface area contributed by atoms with Crippen molar-refractivity contribution < 1.29 is 17.4 Å². The molecule has 1 N–H and O–H groups in total. The summed E-state index contributed by atoms with van der Waals surface area (Å²) in [6.45, 7) is 0. The van der Waals surface area contributed by atoms with Crippen LogP contribution in [-0.4, -0.2) is 13.0 Å². The average molecular weight is 300 g/mol. The molecular formula is C16H12O4S. The van der Waals surface area contributed by atoms with E-state index in [4.69, 9.17) is 8.97 Å². The van der Waals surface area contributed by atoms with E-state index >= 15 is 0 Å². The minimum absolute atomic E-state index is 0.629. The maximum absolute atomic E-state index is 10.8. The van der Waals surface area contributed by atoms with Crippen LogP contribution in [0.1, 0.15) is 5.56 Å². The van der Waals surface area contributed by atoms with Crippen molar-refractivity contribution in [2.24, 2.45) is 0 Å². The van der Waals surface area contributed by atoms with Gasteiger partial charge in [-0.1, -0.05) is 36.4 Å². The third kappa shape index (κ3) is 3.04. The highest BCUT2D eigenvalue weighted by atomic mass is 32.2. The van der Waals surface area contributed by atoms with Crippen LogP contribution in [0.5, 0.6) is 0 Å². The van der Waals surface area contributed by atoms with Crippen LogP contribution in [0.25, 0.3) is 28.7 Å². The van der Waals surface area contributed by atoms with Gasteiger partial charge < -0.3 is 4.42 Å². The van der Waals surface area contributed by atoms with E-state index in [0.717, 1.165) is 22.3 Å². The Labute approximate surface area is 122 Å². The Bertz CT molecular complexity index is 875. The van der Waals surface area contributed by atoms with Gasteiger partial charge in [0.15, 0.2) is 0 Å². The number of fused-ring (bicyclic) bond motifs is 1. The minimum Gasteiger partial charge on any atom is -0.456 e. The number of rotatable bonds is 3. The Kier molecular flexibility index (Phi) is 3.37. The summed E-state index contributed by atoms with van der Waals surface area (Å²) in [4.78, 5) is 0. The number of hydrogen-bond donors (Lipinski definition) is 1. The fourth-order valence-electron chi connectivity index (χ4n) is 2.14. The predicted molar refractivity (Wildman–Crippen MR) is 81.3 cm³/mol. The molecule has 0 aromatic heterocycles. The molecule has 0 amide bonds. The molecule has 1 aliphatic carbocycles. The lowest BCUT2D eigenvalue weighted by Crippen LogP contribution is -1.90. The van der Waals surface area contributed by atoms with Gasteiger partial charge in [0, 0.05) is 11.1 Å². The van der Waals surface area contributed by atoms with Crippen LogP contribution in [0.15, 0.2) is 64.4 Å². The largest absolute Gasteiger partial charge is 0.456 e. The van der Waals surface area contributed by atoms with Crippen molar-refractivity contribution in [1.29, 1.82) is 0 Å². The first-order valence-electron chi connectivity index (χ1n) is 6.26. The van der Waals surface area contributed by atoms with Crippen molar-refractivity contribution in [3.8, 4) is 22.6 Å². The van der Waals surface area contributed by atoms with Crippen molar-refractivity contribution in [2.45, 2.75) is 0 Å². The maximum Gasteiger partial charge on any atom is 0.287 e. The monoisotopic (exact) mass is 300 g/mol. The lowest BCUT2D eigenvalue weighted by atomic mass is 10.0. The van der Waals surface area contributed by atoms with Crippen LogP contribution in [0, 0.1) is 0 Å². The molecular weight excluding hydrogens is 288 g/mol. The van der Waals surface area contributed by atoms with Crippen molar-refractivity contribution in [3.63, 3.8) is 0 Å². The Morgan fingerprint density at radius 2 is 1.71 bits per heavy atom. The average Bonchev–Trinajstić information content (AvgIpc) is 2.92. The summed E-state index contributed by atoms with van der Waals surface area (Å²) in [5, 5.41) is 0.757. The molecule has 1 aromatic carbocycles. The van der Waals surface area contributed by atoms with E-state index in [-0.39, 0.29) is 0 Å². The molecule has 0 atom stereocenters. The smallest absolute Gasteiger partial charge is 0.287 e. The second-order valence-corrected chi connectivity index (χ2v) is 5.85. The van der Waals surface area contributed by atoms with E-state index in [9.17, 15) is 8.42 Å². The van der Waals surface area contributed by atoms with E-state index in [2.05, 4.69) is 0 Å². The van der Waals surface area contributed by atoms with Gasteiger partial charge in [-0.3, -0.25) is 4.55 Å². The second kappa shape index (κ2) is 5.20. The number of benzene rings is 1. The Morgan fingerprint density at radius 1 is 0.905 bits per heavy atom. The van der Waals surface area contributed by atoms with Gasteiger partial charge in [-0.25, -0.2) is 0 Å². The summed E-state index contributed by atoms with van der Waals surface area (Å²) in [5.41, 5.74) is 2.40. The van der Waals surface area contributed by atoms with Crippen LogP contribution in [0.3, 0.4) is 0 Å². The van der Waals surface area contributed by atoms with Crippen molar-refractivity contribution >= 4 is 16.2 Å². The van der Waals surface area contributed by atoms with E-state index in [1.54, 1.807) is 12.1 Å². The lowest BCUT2D eigenvalue weighted by molar-refractivity contribution is 0.494. The minimum atomic E-state index is -4.16. The summed E-state index contributed by atoms with van der Waals surface area (Å²) in [6, 6.07) is 16.7. The molecule has 0 unspecified atom stereocenters. The molecule has 0 bridgehead atoms. The number of hydrogen-bond acceptors (Lipinski definition) is 3. The molecule has 2 aliphatic rings. The molecule has 0 saturated heterocycles. The highest BCUT2D eigenvalue weighted by Crippen LogP contribution is 2.31. The zero-order valence-electron chi connectivity index (χ0n) is 10.9. The van der Waals surface area contributed by atoms with Gasteiger partial charge in [-0.15, -0.1) is 0 Å². The Hall–Kier alpha value is -2.37. The molecule has 5 heteroatoms. The molecule has 21 heavy (non-hydrogen) atoms. The van der Waals surface area contributed by atoms with Crippen LogP contribution in [-0.2, 0) is 10.1 Å². The first kappa shape index (κ1) is 13.6. The summed E-state index contributed by atoms with van der Waals surface area (Å²) in [5.74, 6) is 1.39. The quantitative estimate of drug-likeness (QED) is 0.745. The molecule has 0 radical (unpaired) electrons. The summed E-state index contributed by atoms with van der Waals surface area (Å²) in [7, 11) is -4.16. The molecule has 0 spiro atoms. The standard InChI is InChI=1S/C16H12O4S/c17-21(18,19)11-10-12-4-1-2-6-14(12)16-9-8-13-5-3-7-15(13)20-16/h1-11H,(H,17,18,19). The van der Waals surface area contributed by atoms with Gasteiger partial charge in [0.05, 0.1) is 5.41 Å². The van der Waals surface area contributed by atoms with Crippen LogP contribution < -0.4 is 0 Å². The third-order valence-electron chi connectivity index (χ3n) is 3.09. The zero-order chi connectivity index (χ0) is 14.9. The molecule has 1 aliphatic heterocycles. The topological polar surface area (TPSA) is 67.5 Å². The second-order valence-electron chi connectivity index (χ2n) is 4.55. The van der Waals surface area contributed by atoms with Gasteiger partial charge in [-0.05, 0) is 29.8 Å². The zero-order valence-corrected chi connectivity index (χ0v) is 11.7. The maximum atomic E-state index is 10.8. The van der Waals surface area contributed by atoms with Gasteiger partial charge in [-0.2, -0.15) is 8.42 Å². The predicted octanol–water partition coefficient (Wildman–Crippen LogP) is 3.91. The normalized spacial score (nSPS) is 12.2. The molecule has 1 heterocycles. The highest BCUT2D eigenvalue weighted by Gasteiger charge is 2.10. The fraction of sp³-hybridized carbons (Fsp3) is 0. The first-order chi connectivity index (χ1) is 10.0. The molecule has 3 rings (SSSR count). The van der Waals surface area contributed by atoms with Crippen LogP contribution in [0.2, 0.25) is 0 Å². The van der Waals surface area contributed by atoms with Crippen molar-refractivity contribution in [2.75, 3.05) is 0 Å². The van der Waals surface area contributed by atoms with Crippen molar-refractivity contribution in [3.05, 3.63) is 65.6 Å². The molecule has 106 valence electrons. The van der Waals surface area contributed by atoms with Crippen LogP contribution >= 0.6 is 0 Å². The van der Waals surface area contributed by atoms with Gasteiger partial charge in [0.1, 0.15) is 11.5 Å². The molecule has 4 nitrogen and oxygen atoms in total. The summed E-state index contributed by atoms with van der Waals surface area (Å²) in [6.07, 6.45) is 1.34. The Balaban J connectivity index is 2.10. The third-order valence-corrected chi connectivity index (χ3v) is 3.57. The van der Waals surface area contributed by atoms with E-state index in [1.165, 1.54) is 6.08 Å². The molecule has 0 fully saturated rings. The fourth-order valence-corrected chi connectivity index (χ4v) is 2.46. The van der Waals surface area contributed by atoms with E-state index < -0.39 is 10.1 Å². The van der Waals surface area contributed by atoms with Crippen LogP contribution in [0.4, 0.5) is 0 Å². The first-order valence-corrected chi connectivity index (χ1v) is 7.77. The van der Waals surface area contributed by atoms with Gasteiger partial charge in [0.2, 0.25) is 0 Å². The van der Waals surface area contributed by atoms with Crippen molar-refractivity contribution in [1.82, 2.24) is 0 Å². The van der Waals surface area contributed by atoms with E-state index in [1.807, 2.05) is 42.5 Å². The molecule has 1 aromatic rings. The molecule has 0 saturated carbocycles. The lowest BCUT2D eigenvalue weighted by Gasteiger charge is -2.07. The summed E-state index contributed by atoms with van der Waals surface area (Å²) >= 11 is 0. The Morgan fingerprint density at radius 3 is 2.52 bits per heavy atom. The summed E-state index contributed by atoms with van der Waals surface area (Å²) < 4.78 is 36.3. The van der Waals surface area contributed by atoms with E-state index in [0.29, 0.717) is 11.3 Å². The van der Waals surface area contributed by atoms with Gasteiger partial charge >= 0.3 is 0 Å². The highest BCUT2D eigenvalue weighted by molar-refractivity contribution is 7.88. The van der Waals surface area contributed by atoms with Gasteiger partial charge in [0.25, 0.3) is 10.1 Å². The SMILES string of the molecule is O=S(=O)(O)C=Cc1ccccc1-c1ccc2cccc-2o1.